The molecule has 4 rings (SSSR count). The summed E-state index contributed by atoms with van der Waals surface area (Å²) in [7, 11) is 1.52. The molecule has 0 radical (unpaired) electrons. The molecule has 6 heteroatoms. The van der Waals surface area contributed by atoms with Crippen molar-refractivity contribution in [2.75, 3.05) is 7.11 Å². The van der Waals surface area contributed by atoms with Gasteiger partial charge in [-0.15, -0.1) is 0 Å². The summed E-state index contributed by atoms with van der Waals surface area (Å²) in [6.07, 6.45) is 1.23. The molecule has 0 aliphatic heterocycles. The number of benzene rings is 3. The number of hydrogen-bond acceptors (Lipinski definition) is 6. The number of para-hydroxylation sites is 2. The molecule has 0 amide bonds. The predicted octanol–water partition coefficient (Wildman–Crippen LogP) is 5.12. The highest BCUT2D eigenvalue weighted by Crippen LogP contribution is 2.30. The molecular weight excluding hydrogens is 384 g/mol. The van der Waals surface area contributed by atoms with E-state index in [1.807, 2.05) is 13.0 Å². The van der Waals surface area contributed by atoms with E-state index < -0.39 is 5.97 Å². The smallest absolute Gasteiger partial charge is 0.343 e. The van der Waals surface area contributed by atoms with Gasteiger partial charge in [0.1, 0.15) is 17.6 Å². The summed E-state index contributed by atoms with van der Waals surface area (Å²) in [5.74, 6) is 0.703. The van der Waals surface area contributed by atoms with E-state index in [2.05, 4.69) is 0 Å². The molecule has 4 aromatic rings. The third-order valence-electron chi connectivity index (χ3n) is 4.47. The summed E-state index contributed by atoms with van der Waals surface area (Å²) in [5.41, 5.74) is 1.33. The van der Waals surface area contributed by atoms with Crippen molar-refractivity contribution in [1.29, 1.82) is 0 Å². The summed E-state index contributed by atoms with van der Waals surface area (Å²) in [6.45, 7) is 1.89. The van der Waals surface area contributed by atoms with Gasteiger partial charge in [0.25, 0.3) is 0 Å². The van der Waals surface area contributed by atoms with Crippen LogP contribution < -0.4 is 19.6 Å². The fourth-order valence-electron chi connectivity index (χ4n) is 2.98. The molecule has 0 bridgehead atoms. The molecule has 1 heterocycles. The van der Waals surface area contributed by atoms with Gasteiger partial charge in [-0.3, -0.25) is 4.79 Å². The first-order valence-corrected chi connectivity index (χ1v) is 9.20. The Balaban J connectivity index is 1.61. The topological polar surface area (TPSA) is 75.0 Å². The van der Waals surface area contributed by atoms with Gasteiger partial charge in [0.15, 0.2) is 11.5 Å². The van der Waals surface area contributed by atoms with Gasteiger partial charge in [0.2, 0.25) is 11.2 Å². The maximum atomic E-state index is 12.8. The molecule has 0 saturated carbocycles. The van der Waals surface area contributed by atoms with Gasteiger partial charge in [-0.2, -0.15) is 0 Å². The van der Waals surface area contributed by atoms with E-state index in [1.54, 1.807) is 48.5 Å². The van der Waals surface area contributed by atoms with Crippen molar-refractivity contribution < 1.29 is 23.4 Å². The number of hydrogen-bond donors (Lipinski definition) is 0. The van der Waals surface area contributed by atoms with Crippen molar-refractivity contribution in [3.63, 3.8) is 0 Å². The van der Waals surface area contributed by atoms with E-state index in [-0.39, 0.29) is 22.5 Å². The Kier molecular flexibility index (Phi) is 5.22. The van der Waals surface area contributed by atoms with Crippen LogP contribution in [0.1, 0.15) is 15.9 Å². The second-order valence-corrected chi connectivity index (χ2v) is 6.60. The van der Waals surface area contributed by atoms with Gasteiger partial charge in [-0.25, -0.2) is 4.79 Å². The molecule has 0 aliphatic carbocycles. The molecule has 0 spiro atoms. The monoisotopic (exact) mass is 402 g/mol. The lowest BCUT2D eigenvalue weighted by Gasteiger charge is -2.10. The molecule has 0 atom stereocenters. The maximum absolute atomic E-state index is 12.8. The molecule has 0 N–H and O–H groups in total. The molecule has 30 heavy (non-hydrogen) atoms. The van der Waals surface area contributed by atoms with E-state index in [4.69, 9.17) is 18.6 Å². The lowest BCUT2D eigenvalue weighted by Crippen LogP contribution is -2.09. The quantitative estimate of drug-likeness (QED) is 0.341. The van der Waals surface area contributed by atoms with Crippen molar-refractivity contribution in [3.05, 3.63) is 94.3 Å². The number of methoxy groups -OCH3 is 1. The largest absolute Gasteiger partial charge is 0.493 e. The van der Waals surface area contributed by atoms with Crippen LogP contribution in [0.2, 0.25) is 0 Å². The Morgan fingerprint density at radius 1 is 0.900 bits per heavy atom. The fraction of sp³-hybridized carbons (Fsp3) is 0.0833. The zero-order chi connectivity index (χ0) is 21.1. The predicted molar refractivity (Wildman–Crippen MR) is 112 cm³/mol. The zero-order valence-electron chi connectivity index (χ0n) is 16.4. The van der Waals surface area contributed by atoms with E-state index in [9.17, 15) is 9.59 Å². The van der Waals surface area contributed by atoms with Gasteiger partial charge in [-0.1, -0.05) is 29.8 Å². The Labute approximate surface area is 172 Å². The number of ether oxygens (including phenoxy) is 3. The van der Waals surface area contributed by atoms with Crippen molar-refractivity contribution in [3.8, 4) is 23.0 Å². The average molecular weight is 402 g/mol. The minimum Gasteiger partial charge on any atom is -0.493 e. The van der Waals surface area contributed by atoms with Crippen LogP contribution in [-0.2, 0) is 0 Å². The lowest BCUT2D eigenvalue weighted by molar-refractivity contribution is 0.0735. The molecule has 0 fully saturated rings. The summed E-state index contributed by atoms with van der Waals surface area (Å²) in [5, 5.41) is 0.303. The van der Waals surface area contributed by atoms with Crippen LogP contribution in [0.25, 0.3) is 11.0 Å². The Morgan fingerprint density at radius 3 is 2.47 bits per heavy atom. The van der Waals surface area contributed by atoms with Crippen LogP contribution in [0.3, 0.4) is 0 Å². The Hall–Kier alpha value is -4.06. The van der Waals surface area contributed by atoms with Gasteiger partial charge >= 0.3 is 5.97 Å². The summed E-state index contributed by atoms with van der Waals surface area (Å²) < 4.78 is 21.9. The van der Waals surface area contributed by atoms with Crippen LogP contribution in [0.15, 0.2) is 82.2 Å². The molecule has 6 nitrogen and oxygen atoms in total. The van der Waals surface area contributed by atoms with Crippen molar-refractivity contribution in [2.45, 2.75) is 6.92 Å². The molecule has 0 saturated heterocycles. The summed E-state index contributed by atoms with van der Waals surface area (Å²) >= 11 is 0. The second kappa shape index (κ2) is 8.13. The number of fused-ring (bicyclic) bond motifs is 1. The molecule has 0 aliphatic rings. The molecule has 3 aromatic carbocycles. The van der Waals surface area contributed by atoms with Crippen LogP contribution in [-0.4, -0.2) is 13.1 Å². The third-order valence-corrected chi connectivity index (χ3v) is 4.47. The average Bonchev–Trinajstić information content (AvgIpc) is 2.76. The highest BCUT2D eigenvalue weighted by atomic mass is 16.5. The van der Waals surface area contributed by atoms with Gasteiger partial charge in [-0.05, 0) is 43.3 Å². The van der Waals surface area contributed by atoms with Crippen molar-refractivity contribution in [1.82, 2.24) is 0 Å². The van der Waals surface area contributed by atoms with Crippen LogP contribution in [0.5, 0.6) is 23.0 Å². The number of carbonyl (C=O) groups excluding carboxylic acids is 1. The SMILES string of the molecule is COc1ccccc1Oc1coc2cc(OC(=O)c3cccc(C)c3)ccc2c1=O. The van der Waals surface area contributed by atoms with Gasteiger partial charge in [0.05, 0.1) is 18.1 Å². The van der Waals surface area contributed by atoms with E-state index in [0.717, 1.165) is 5.56 Å². The number of carbonyl (C=O) groups is 1. The third kappa shape index (κ3) is 3.89. The number of esters is 1. The highest BCUT2D eigenvalue weighted by molar-refractivity contribution is 5.91. The lowest BCUT2D eigenvalue weighted by atomic mass is 10.1. The van der Waals surface area contributed by atoms with Gasteiger partial charge in [0, 0.05) is 6.07 Å². The van der Waals surface area contributed by atoms with E-state index in [1.165, 1.54) is 25.5 Å². The fourth-order valence-corrected chi connectivity index (χ4v) is 2.98. The second-order valence-electron chi connectivity index (χ2n) is 6.60. The molecule has 1 aromatic heterocycles. The standard InChI is InChI=1S/C24H18O6/c1-15-6-5-7-16(12-15)24(26)29-17-10-11-18-21(13-17)28-14-22(23(18)25)30-20-9-4-3-8-19(20)27-2/h3-14H,1-2H3. The van der Waals surface area contributed by atoms with E-state index >= 15 is 0 Å². The van der Waals surface area contributed by atoms with Crippen LogP contribution in [0.4, 0.5) is 0 Å². The molecular formula is C24H18O6. The van der Waals surface area contributed by atoms with Crippen LogP contribution in [0, 0.1) is 6.92 Å². The minimum atomic E-state index is -0.489. The number of aryl methyl sites for hydroxylation is 1. The van der Waals surface area contributed by atoms with Crippen molar-refractivity contribution >= 4 is 16.9 Å². The zero-order valence-corrected chi connectivity index (χ0v) is 16.4. The normalized spacial score (nSPS) is 10.6. The Bertz CT molecular complexity index is 1290. The van der Waals surface area contributed by atoms with Crippen LogP contribution >= 0.6 is 0 Å². The first kappa shape index (κ1) is 19.3. The van der Waals surface area contributed by atoms with Gasteiger partial charge < -0.3 is 18.6 Å². The molecule has 150 valence electrons. The summed E-state index contributed by atoms with van der Waals surface area (Å²) in [6, 6.07) is 18.7. The Morgan fingerprint density at radius 2 is 1.70 bits per heavy atom. The summed E-state index contributed by atoms with van der Waals surface area (Å²) in [4.78, 5) is 25.1. The van der Waals surface area contributed by atoms with E-state index in [0.29, 0.717) is 22.4 Å². The first-order chi connectivity index (χ1) is 14.5. The first-order valence-electron chi connectivity index (χ1n) is 9.20. The maximum Gasteiger partial charge on any atom is 0.343 e. The number of rotatable bonds is 5. The minimum absolute atomic E-state index is 0.0245. The van der Waals surface area contributed by atoms with Crippen molar-refractivity contribution in [2.24, 2.45) is 0 Å². The highest BCUT2D eigenvalue weighted by Gasteiger charge is 2.14. The molecule has 0 unspecified atom stereocenters.